The van der Waals surface area contributed by atoms with Crippen molar-refractivity contribution in [2.24, 2.45) is 7.05 Å². The summed E-state index contributed by atoms with van der Waals surface area (Å²) in [6.07, 6.45) is 1.78. The third-order valence-electron chi connectivity index (χ3n) is 6.34. The number of rotatable bonds is 6. The molecule has 0 saturated carbocycles. The van der Waals surface area contributed by atoms with Gasteiger partial charge in [0.2, 0.25) is 5.91 Å². The number of carbonyl (C=O) groups is 2. The van der Waals surface area contributed by atoms with E-state index in [-0.39, 0.29) is 18.4 Å². The second kappa shape index (κ2) is 10.2. The highest BCUT2D eigenvalue weighted by atomic mass is 16.5. The minimum absolute atomic E-state index is 0.0848. The lowest BCUT2D eigenvalue weighted by Crippen LogP contribution is -2.49. The largest absolute Gasteiger partial charge is 0.375 e. The number of nitrogens with zero attached hydrogens (tertiary/aromatic N) is 5. The maximum Gasteiger partial charge on any atom is 0.254 e. The van der Waals surface area contributed by atoms with Crippen LogP contribution in [0.1, 0.15) is 10.4 Å². The number of hydrogen-bond acceptors (Lipinski definition) is 6. The van der Waals surface area contributed by atoms with Crippen molar-refractivity contribution in [1.82, 2.24) is 19.4 Å². The van der Waals surface area contributed by atoms with Gasteiger partial charge in [-0.05, 0) is 24.3 Å². The number of methoxy groups -OCH3 is 1. The number of aryl methyl sites for hydroxylation is 1. The zero-order valence-corrected chi connectivity index (χ0v) is 20.3. The molecule has 0 atom stereocenters. The lowest BCUT2D eigenvalue weighted by atomic mass is 10.1. The molecule has 1 saturated heterocycles. The fourth-order valence-corrected chi connectivity index (χ4v) is 4.60. The van der Waals surface area contributed by atoms with Gasteiger partial charge >= 0.3 is 0 Å². The number of hydrogen-bond donors (Lipinski definition) is 1. The summed E-state index contributed by atoms with van der Waals surface area (Å²) in [5, 5.41) is 2.91. The zero-order valence-electron chi connectivity index (χ0n) is 20.3. The van der Waals surface area contributed by atoms with Crippen LogP contribution in [0.5, 0.6) is 0 Å². The standard InChI is InChI=1S/C27H28N6O3/c1-31-25-21(29-24(34)18-36-2)16-20(17-22(25)30-26(31)19-8-4-3-5-9-19)27(35)33-14-12-32(13-15-33)23-10-6-7-11-28-23/h3-11,16-17H,12-15,18H2,1-2H3,(H,29,34). The number of anilines is 2. The molecule has 1 aliphatic rings. The molecule has 1 fully saturated rings. The van der Waals surface area contributed by atoms with Gasteiger partial charge in [-0.2, -0.15) is 0 Å². The number of carbonyl (C=O) groups excluding carboxylic acids is 2. The number of imidazole rings is 1. The molecule has 184 valence electrons. The van der Waals surface area contributed by atoms with Crippen molar-refractivity contribution in [1.29, 1.82) is 0 Å². The first-order chi connectivity index (χ1) is 17.5. The van der Waals surface area contributed by atoms with Crippen LogP contribution in [0.25, 0.3) is 22.4 Å². The molecular weight excluding hydrogens is 456 g/mol. The first-order valence-corrected chi connectivity index (χ1v) is 11.8. The van der Waals surface area contributed by atoms with Crippen LogP contribution in [0.3, 0.4) is 0 Å². The fraction of sp³-hybridized carbons (Fsp3) is 0.259. The zero-order chi connectivity index (χ0) is 25.1. The van der Waals surface area contributed by atoms with Gasteiger partial charge in [0.1, 0.15) is 18.2 Å². The maximum absolute atomic E-state index is 13.5. The first kappa shape index (κ1) is 23.5. The minimum atomic E-state index is -0.296. The smallest absolute Gasteiger partial charge is 0.254 e. The SMILES string of the molecule is COCC(=O)Nc1cc(C(=O)N2CCN(c3ccccn3)CC2)cc2nc(-c3ccccc3)n(C)c12. The van der Waals surface area contributed by atoms with Crippen molar-refractivity contribution >= 4 is 34.4 Å². The minimum Gasteiger partial charge on any atom is -0.375 e. The average molecular weight is 485 g/mol. The molecule has 9 nitrogen and oxygen atoms in total. The number of pyridine rings is 1. The lowest BCUT2D eigenvalue weighted by molar-refractivity contribution is -0.119. The van der Waals surface area contributed by atoms with Crippen LogP contribution >= 0.6 is 0 Å². The number of amides is 2. The van der Waals surface area contributed by atoms with E-state index >= 15 is 0 Å². The fourth-order valence-electron chi connectivity index (χ4n) is 4.60. The van der Waals surface area contributed by atoms with E-state index in [0.29, 0.717) is 42.9 Å². The number of piperazine rings is 1. The Bertz CT molecular complexity index is 1380. The van der Waals surface area contributed by atoms with E-state index < -0.39 is 0 Å². The van der Waals surface area contributed by atoms with Crippen LogP contribution in [0, 0.1) is 0 Å². The summed E-state index contributed by atoms with van der Waals surface area (Å²) < 4.78 is 6.93. The monoisotopic (exact) mass is 484 g/mol. The predicted octanol–water partition coefficient (Wildman–Crippen LogP) is 3.18. The molecule has 9 heteroatoms. The Morgan fingerprint density at radius 2 is 1.75 bits per heavy atom. The summed E-state index contributed by atoms with van der Waals surface area (Å²) in [5.74, 6) is 1.28. The van der Waals surface area contributed by atoms with Gasteiger partial charge in [0.15, 0.2) is 0 Å². The van der Waals surface area contributed by atoms with E-state index in [2.05, 4.69) is 15.2 Å². The third kappa shape index (κ3) is 4.65. The Morgan fingerprint density at radius 1 is 1.00 bits per heavy atom. The molecule has 1 aliphatic heterocycles. The number of ether oxygens (including phenoxy) is 1. The van der Waals surface area contributed by atoms with Crippen LogP contribution < -0.4 is 10.2 Å². The highest BCUT2D eigenvalue weighted by Gasteiger charge is 2.25. The molecular formula is C27H28N6O3. The molecule has 4 aromatic rings. The van der Waals surface area contributed by atoms with Gasteiger partial charge < -0.3 is 24.4 Å². The summed E-state index contributed by atoms with van der Waals surface area (Å²) in [6.45, 7) is 2.47. The van der Waals surface area contributed by atoms with Gasteiger partial charge in [-0.15, -0.1) is 0 Å². The molecule has 0 bridgehead atoms. The number of benzene rings is 2. The van der Waals surface area contributed by atoms with Crippen molar-refractivity contribution < 1.29 is 14.3 Å². The molecule has 36 heavy (non-hydrogen) atoms. The second-order valence-corrected chi connectivity index (χ2v) is 8.70. The summed E-state index contributed by atoms with van der Waals surface area (Å²) in [6, 6.07) is 19.2. The molecule has 0 unspecified atom stereocenters. The van der Waals surface area contributed by atoms with Gasteiger partial charge in [-0.1, -0.05) is 36.4 Å². The first-order valence-electron chi connectivity index (χ1n) is 11.8. The van der Waals surface area contributed by atoms with Crippen LogP contribution in [0.2, 0.25) is 0 Å². The van der Waals surface area contributed by atoms with Gasteiger partial charge in [0, 0.05) is 57.7 Å². The summed E-state index contributed by atoms with van der Waals surface area (Å²) in [5.41, 5.74) is 3.35. The van der Waals surface area contributed by atoms with E-state index in [1.54, 1.807) is 18.3 Å². The van der Waals surface area contributed by atoms with Gasteiger partial charge in [-0.25, -0.2) is 9.97 Å². The van der Waals surface area contributed by atoms with Crippen molar-refractivity contribution in [2.75, 3.05) is 50.1 Å². The Balaban J connectivity index is 1.46. The van der Waals surface area contributed by atoms with Crippen molar-refractivity contribution in [3.05, 3.63) is 72.4 Å². The highest BCUT2D eigenvalue weighted by molar-refractivity contribution is 6.06. The molecule has 2 aromatic heterocycles. The molecule has 0 spiro atoms. The maximum atomic E-state index is 13.5. The number of nitrogens with one attached hydrogen (secondary N) is 1. The third-order valence-corrected chi connectivity index (χ3v) is 6.34. The van der Waals surface area contributed by atoms with Crippen LogP contribution in [-0.2, 0) is 16.6 Å². The number of aromatic nitrogens is 3. The second-order valence-electron chi connectivity index (χ2n) is 8.70. The van der Waals surface area contributed by atoms with E-state index in [0.717, 1.165) is 22.7 Å². The quantitative estimate of drug-likeness (QED) is 0.452. The molecule has 1 N–H and O–H groups in total. The van der Waals surface area contributed by atoms with Crippen molar-refractivity contribution in [3.8, 4) is 11.4 Å². The van der Waals surface area contributed by atoms with Gasteiger partial charge in [0.05, 0.1) is 16.7 Å². The summed E-state index contributed by atoms with van der Waals surface area (Å²) in [7, 11) is 3.37. The topological polar surface area (TPSA) is 92.6 Å². The Morgan fingerprint density at radius 3 is 2.44 bits per heavy atom. The van der Waals surface area contributed by atoms with Gasteiger partial charge in [-0.3, -0.25) is 9.59 Å². The molecule has 0 aliphatic carbocycles. The predicted molar refractivity (Wildman–Crippen MR) is 139 cm³/mol. The highest BCUT2D eigenvalue weighted by Crippen LogP contribution is 2.31. The number of fused-ring (bicyclic) bond motifs is 1. The van der Waals surface area contributed by atoms with E-state index in [4.69, 9.17) is 9.72 Å². The van der Waals surface area contributed by atoms with Crippen LogP contribution in [0.15, 0.2) is 66.9 Å². The van der Waals surface area contributed by atoms with Crippen molar-refractivity contribution in [3.63, 3.8) is 0 Å². The van der Waals surface area contributed by atoms with Crippen LogP contribution in [0.4, 0.5) is 11.5 Å². The normalized spacial score (nSPS) is 13.7. The molecule has 5 rings (SSSR count). The average Bonchev–Trinajstić information content (AvgIpc) is 3.26. The summed E-state index contributed by atoms with van der Waals surface area (Å²) in [4.78, 5) is 39.2. The van der Waals surface area contributed by atoms with E-state index in [1.165, 1.54) is 7.11 Å². The van der Waals surface area contributed by atoms with E-state index in [1.807, 2.05) is 65.0 Å². The van der Waals surface area contributed by atoms with Gasteiger partial charge in [0.25, 0.3) is 5.91 Å². The molecule has 2 aromatic carbocycles. The summed E-state index contributed by atoms with van der Waals surface area (Å²) >= 11 is 0. The van der Waals surface area contributed by atoms with Crippen molar-refractivity contribution in [2.45, 2.75) is 0 Å². The van der Waals surface area contributed by atoms with Crippen LogP contribution in [-0.4, -0.2) is 71.1 Å². The Hall–Kier alpha value is -4.24. The molecule has 3 heterocycles. The Labute approximate surface area is 209 Å². The Kier molecular flexibility index (Phi) is 6.64. The molecule has 0 radical (unpaired) electrons. The molecule has 2 amide bonds. The van der Waals surface area contributed by atoms with E-state index in [9.17, 15) is 9.59 Å². The lowest BCUT2D eigenvalue weighted by Gasteiger charge is -2.35.